The van der Waals surface area contributed by atoms with Gasteiger partial charge in [0.1, 0.15) is 0 Å². The van der Waals surface area contributed by atoms with E-state index in [-0.39, 0.29) is 11.3 Å². The van der Waals surface area contributed by atoms with E-state index in [1.807, 2.05) is 31.2 Å². The standard InChI is InChI=1S/C14H21NO/c1-11-5-7-12(8-6-11)9-13(16)15-10-14(2,3)4/h5-8H,9-10H2,1-4H3,(H,15,16). The SMILES string of the molecule is Cc1ccc(CC(=O)NCC(C)(C)C)cc1. The Kier molecular flexibility index (Phi) is 4.11. The van der Waals surface area contributed by atoms with Crippen molar-refractivity contribution < 1.29 is 4.79 Å². The minimum atomic E-state index is 0.0961. The van der Waals surface area contributed by atoms with Gasteiger partial charge in [0.05, 0.1) is 6.42 Å². The maximum atomic E-state index is 11.6. The molecule has 0 radical (unpaired) electrons. The minimum absolute atomic E-state index is 0.0961. The molecule has 0 aromatic heterocycles. The lowest BCUT2D eigenvalue weighted by Gasteiger charge is -2.18. The third-order valence-corrected chi connectivity index (χ3v) is 2.30. The van der Waals surface area contributed by atoms with Crippen LogP contribution in [0.15, 0.2) is 24.3 Å². The number of hydrogen-bond donors (Lipinski definition) is 1. The Bertz CT molecular complexity index is 346. The number of carbonyl (C=O) groups excluding carboxylic acids is 1. The van der Waals surface area contributed by atoms with Crippen molar-refractivity contribution in [1.82, 2.24) is 5.32 Å². The maximum Gasteiger partial charge on any atom is 0.224 e. The Morgan fingerprint density at radius 3 is 2.25 bits per heavy atom. The molecule has 0 spiro atoms. The Balaban J connectivity index is 2.43. The molecule has 1 aromatic carbocycles. The fourth-order valence-corrected chi connectivity index (χ4v) is 1.32. The van der Waals surface area contributed by atoms with Crippen LogP contribution in [-0.2, 0) is 11.2 Å². The van der Waals surface area contributed by atoms with Crippen LogP contribution in [0.2, 0.25) is 0 Å². The van der Waals surface area contributed by atoms with E-state index in [2.05, 4.69) is 26.1 Å². The van der Waals surface area contributed by atoms with E-state index in [1.54, 1.807) is 0 Å². The van der Waals surface area contributed by atoms with E-state index in [0.29, 0.717) is 6.42 Å². The van der Waals surface area contributed by atoms with Gasteiger partial charge in [-0.1, -0.05) is 50.6 Å². The van der Waals surface area contributed by atoms with Crippen molar-refractivity contribution in [2.24, 2.45) is 5.41 Å². The predicted octanol–water partition coefficient (Wildman–Crippen LogP) is 2.70. The van der Waals surface area contributed by atoms with E-state index in [9.17, 15) is 4.79 Å². The van der Waals surface area contributed by atoms with Crippen molar-refractivity contribution in [3.63, 3.8) is 0 Å². The van der Waals surface area contributed by atoms with E-state index in [1.165, 1.54) is 5.56 Å². The van der Waals surface area contributed by atoms with E-state index in [0.717, 1.165) is 12.1 Å². The number of benzene rings is 1. The first-order valence-electron chi connectivity index (χ1n) is 5.69. The highest BCUT2D eigenvalue weighted by atomic mass is 16.1. The zero-order chi connectivity index (χ0) is 12.2. The van der Waals surface area contributed by atoms with Gasteiger partial charge in [0.25, 0.3) is 0 Å². The Labute approximate surface area is 98.1 Å². The van der Waals surface area contributed by atoms with Gasteiger partial charge in [-0.15, -0.1) is 0 Å². The molecular formula is C14H21NO. The number of rotatable bonds is 3. The van der Waals surface area contributed by atoms with Gasteiger partial charge >= 0.3 is 0 Å². The molecule has 1 amide bonds. The van der Waals surface area contributed by atoms with Crippen molar-refractivity contribution >= 4 is 5.91 Å². The molecule has 0 unspecified atom stereocenters. The van der Waals surface area contributed by atoms with Gasteiger partial charge < -0.3 is 5.32 Å². The summed E-state index contributed by atoms with van der Waals surface area (Å²) in [6.07, 6.45) is 0.469. The zero-order valence-corrected chi connectivity index (χ0v) is 10.6. The second-order valence-electron chi connectivity index (χ2n) is 5.50. The van der Waals surface area contributed by atoms with Crippen molar-refractivity contribution in [2.75, 3.05) is 6.54 Å². The summed E-state index contributed by atoms with van der Waals surface area (Å²) < 4.78 is 0. The second-order valence-corrected chi connectivity index (χ2v) is 5.50. The van der Waals surface area contributed by atoms with Crippen LogP contribution in [0, 0.1) is 12.3 Å². The van der Waals surface area contributed by atoms with Gasteiger partial charge in [-0.2, -0.15) is 0 Å². The summed E-state index contributed by atoms with van der Waals surface area (Å²) >= 11 is 0. The Hall–Kier alpha value is -1.31. The van der Waals surface area contributed by atoms with Crippen molar-refractivity contribution in [3.05, 3.63) is 35.4 Å². The molecule has 0 aliphatic heterocycles. The van der Waals surface area contributed by atoms with Crippen molar-refractivity contribution in [2.45, 2.75) is 34.1 Å². The van der Waals surface area contributed by atoms with E-state index in [4.69, 9.17) is 0 Å². The van der Waals surface area contributed by atoms with Crippen molar-refractivity contribution in [3.8, 4) is 0 Å². The van der Waals surface area contributed by atoms with E-state index < -0.39 is 0 Å². The average Bonchev–Trinajstić information content (AvgIpc) is 2.18. The molecule has 2 nitrogen and oxygen atoms in total. The molecular weight excluding hydrogens is 198 g/mol. The molecule has 88 valence electrons. The summed E-state index contributed by atoms with van der Waals surface area (Å²) in [7, 11) is 0. The molecule has 2 heteroatoms. The topological polar surface area (TPSA) is 29.1 Å². The predicted molar refractivity (Wildman–Crippen MR) is 67.3 cm³/mol. The summed E-state index contributed by atoms with van der Waals surface area (Å²) in [5.74, 6) is 0.0961. The summed E-state index contributed by atoms with van der Waals surface area (Å²) in [4.78, 5) is 11.6. The first-order valence-corrected chi connectivity index (χ1v) is 5.69. The normalized spacial score (nSPS) is 11.2. The molecule has 1 aromatic rings. The molecule has 0 aliphatic rings. The molecule has 0 fully saturated rings. The van der Waals surface area contributed by atoms with Crippen LogP contribution in [0.5, 0.6) is 0 Å². The fraction of sp³-hybridized carbons (Fsp3) is 0.500. The van der Waals surface area contributed by atoms with Gasteiger partial charge in [0.15, 0.2) is 0 Å². The largest absolute Gasteiger partial charge is 0.355 e. The van der Waals surface area contributed by atoms with Crippen LogP contribution in [0.4, 0.5) is 0 Å². The molecule has 0 bridgehead atoms. The highest BCUT2D eigenvalue weighted by molar-refractivity contribution is 5.78. The van der Waals surface area contributed by atoms with E-state index >= 15 is 0 Å². The van der Waals surface area contributed by atoms with Gasteiger partial charge in [0.2, 0.25) is 5.91 Å². The Morgan fingerprint density at radius 2 is 1.75 bits per heavy atom. The van der Waals surface area contributed by atoms with Crippen molar-refractivity contribution in [1.29, 1.82) is 0 Å². The number of amides is 1. The van der Waals surface area contributed by atoms with Gasteiger partial charge in [-0.25, -0.2) is 0 Å². The number of hydrogen-bond acceptors (Lipinski definition) is 1. The first-order chi connectivity index (χ1) is 7.37. The number of nitrogens with one attached hydrogen (secondary N) is 1. The van der Waals surface area contributed by atoms with Crippen LogP contribution < -0.4 is 5.32 Å². The third-order valence-electron chi connectivity index (χ3n) is 2.30. The summed E-state index contributed by atoms with van der Waals surface area (Å²) in [5.41, 5.74) is 2.43. The summed E-state index contributed by atoms with van der Waals surface area (Å²) in [6.45, 7) is 9.10. The maximum absolute atomic E-state index is 11.6. The second kappa shape index (κ2) is 5.15. The van der Waals surface area contributed by atoms with Gasteiger partial charge in [0, 0.05) is 6.54 Å². The van der Waals surface area contributed by atoms with Gasteiger partial charge in [-0.3, -0.25) is 4.79 Å². The lowest BCUT2D eigenvalue weighted by molar-refractivity contribution is -0.120. The Morgan fingerprint density at radius 1 is 1.19 bits per heavy atom. The summed E-state index contributed by atoms with van der Waals surface area (Å²) in [5, 5.41) is 2.95. The van der Waals surface area contributed by atoms with Crippen LogP contribution in [-0.4, -0.2) is 12.5 Å². The average molecular weight is 219 g/mol. The highest BCUT2D eigenvalue weighted by Gasteiger charge is 2.11. The molecule has 1 N–H and O–H groups in total. The molecule has 0 atom stereocenters. The fourth-order valence-electron chi connectivity index (χ4n) is 1.32. The van der Waals surface area contributed by atoms with Gasteiger partial charge in [-0.05, 0) is 17.9 Å². The number of carbonyl (C=O) groups is 1. The van der Waals surface area contributed by atoms with Crippen LogP contribution in [0.1, 0.15) is 31.9 Å². The monoisotopic (exact) mass is 219 g/mol. The molecule has 0 heterocycles. The van der Waals surface area contributed by atoms with Crippen LogP contribution in [0.3, 0.4) is 0 Å². The highest BCUT2D eigenvalue weighted by Crippen LogP contribution is 2.10. The smallest absolute Gasteiger partial charge is 0.224 e. The molecule has 0 saturated heterocycles. The van der Waals surface area contributed by atoms with Crippen LogP contribution in [0.25, 0.3) is 0 Å². The summed E-state index contributed by atoms with van der Waals surface area (Å²) in [6, 6.07) is 8.08. The lowest BCUT2D eigenvalue weighted by atomic mass is 9.97. The zero-order valence-electron chi connectivity index (χ0n) is 10.6. The van der Waals surface area contributed by atoms with Crippen LogP contribution >= 0.6 is 0 Å². The first kappa shape index (κ1) is 12.8. The quantitative estimate of drug-likeness (QED) is 0.832. The third kappa shape index (κ3) is 4.96. The molecule has 0 aliphatic carbocycles. The molecule has 0 saturated carbocycles. The molecule has 16 heavy (non-hydrogen) atoms. The number of aryl methyl sites for hydroxylation is 1. The lowest BCUT2D eigenvalue weighted by Crippen LogP contribution is -2.33. The minimum Gasteiger partial charge on any atom is -0.355 e. The molecule has 1 rings (SSSR count).